The predicted octanol–water partition coefficient (Wildman–Crippen LogP) is 1.26. The van der Waals surface area contributed by atoms with Crippen LogP contribution in [0.5, 0.6) is 0 Å². The topological polar surface area (TPSA) is 101 Å². The van der Waals surface area contributed by atoms with Gasteiger partial charge in [0.2, 0.25) is 5.13 Å². The average molecular weight is 353 g/mol. The molecule has 7 nitrogen and oxygen atoms in total. The second kappa shape index (κ2) is 6.45. The fourth-order valence-corrected chi connectivity index (χ4v) is 5.47. The van der Waals surface area contributed by atoms with Crippen LogP contribution in [0.2, 0.25) is 0 Å². The molecule has 2 heterocycles. The summed E-state index contributed by atoms with van der Waals surface area (Å²) >= 11 is 7.23. The van der Waals surface area contributed by atoms with Gasteiger partial charge in [-0.25, -0.2) is 13.2 Å². The Morgan fingerprint density at radius 2 is 2.14 bits per heavy atom. The molecule has 0 radical (unpaired) electrons. The van der Waals surface area contributed by atoms with E-state index in [1.165, 1.54) is 11.3 Å². The number of hydrogen-bond donors (Lipinski definition) is 2. The number of carbonyl (C=O) groups excluding carboxylic acids is 1. The van der Waals surface area contributed by atoms with E-state index in [0.717, 1.165) is 11.4 Å². The quantitative estimate of drug-likeness (QED) is 0.794. The van der Waals surface area contributed by atoms with Crippen molar-refractivity contribution in [2.75, 3.05) is 16.8 Å². The Morgan fingerprint density at radius 1 is 1.43 bits per heavy atom. The zero-order valence-corrected chi connectivity index (χ0v) is 14.1. The van der Waals surface area contributed by atoms with Gasteiger partial charge in [-0.2, -0.15) is 0 Å². The van der Waals surface area contributed by atoms with Crippen LogP contribution in [0.25, 0.3) is 0 Å². The molecule has 21 heavy (non-hydrogen) atoms. The highest BCUT2D eigenvalue weighted by atomic mass is 35.5. The van der Waals surface area contributed by atoms with E-state index in [-0.39, 0.29) is 11.5 Å². The monoisotopic (exact) mass is 352 g/mol. The van der Waals surface area contributed by atoms with Crippen LogP contribution < -0.4 is 10.6 Å². The molecule has 1 saturated heterocycles. The van der Waals surface area contributed by atoms with Gasteiger partial charge in [-0.05, 0) is 5.92 Å². The Bertz CT molecular complexity index is 617. The third kappa shape index (κ3) is 4.79. The highest BCUT2D eigenvalue weighted by Gasteiger charge is 2.37. The molecule has 0 saturated carbocycles. The Balaban J connectivity index is 1.89. The number of halogens is 1. The maximum absolute atomic E-state index is 11.8. The first kappa shape index (κ1) is 16.4. The molecule has 2 amide bonds. The Morgan fingerprint density at radius 3 is 2.71 bits per heavy atom. The van der Waals surface area contributed by atoms with Gasteiger partial charge in [0.15, 0.2) is 9.84 Å². The van der Waals surface area contributed by atoms with Crippen molar-refractivity contribution >= 4 is 43.9 Å². The van der Waals surface area contributed by atoms with Crippen molar-refractivity contribution in [3.8, 4) is 0 Å². The van der Waals surface area contributed by atoms with Crippen LogP contribution in [0, 0.1) is 5.92 Å². The van der Waals surface area contributed by atoms with Crippen molar-refractivity contribution in [1.82, 2.24) is 15.5 Å². The molecule has 0 spiro atoms. The predicted molar refractivity (Wildman–Crippen MR) is 82.7 cm³/mol. The van der Waals surface area contributed by atoms with Gasteiger partial charge in [-0.1, -0.05) is 25.2 Å². The van der Waals surface area contributed by atoms with Crippen molar-refractivity contribution in [3.63, 3.8) is 0 Å². The van der Waals surface area contributed by atoms with Gasteiger partial charge >= 0.3 is 6.03 Å². The van der Waals surface area contributed by atoms with Crippen LogP contribution in [-0.4, -0.2) is 47.6 Å². The number of nitrogens with zero attached hydrogens (tertiary/aromatic N) is 2. The van der Waals surface area contributed by atoms with Gasteiger partial charge in [0, 0.05) is 6.42 Å². The highest BCUT2D eigenvalue weighted by molar-refractivity contribution is 7.91. The van der Waals surface area contributed by atoms with E-state index in [1.54, 1.807) is 0 Å². The summed E-state index contributed by atoms with van der Waals surface area (Å²) in [6.45, 7) is 4.14. The number of carbonyl (C=O) groups is 1. The minimum absolute atomic E-state index is 0.114. The van der Waals surface area contributed by atoms with Gasteiger partial charge < -0.3 is 5.32 Å². The van der Waals surface area contributed by atoms with Crippen LogP contribution in [0.4, 0.5) is 9.93 Å². The zero-order chi connectivity index (χ0) is 15.6. The van der Waals surface area contributed by atoms with Crippen LogP contribution in [0.1, 0.15) is 18.9 Å². The molecule has 1 aliphatic heterocycles. The summed E-state index contributed by atoms with van der Waals surface area (Å²) in [5.74, 6) is 0.209. The van der Waals surface area contributed by atoms with Crippen LogP contribution in [0.15, 0.2) is 0 Å². The maximum atomic E-state index is 11.8. The van der Waals surface area contributed by atoms with Gasteiger partial charge in [0.1, 0.15) is 5.01 Å². The SMILES string of the molecule is CC(C)Cc1nnc(NC(=O)N[C@@H]2CS(=O)(=O)C[C@@H]2Cl)s1. The second-order valence-electron chi connectivity index (χ2n) is 5.40. The third-order valence-electron chi connectivity index (χ3n) is 2.87. The van der Waals surface area contributed by atoms with E-state index in [0.29, 0.717) is 11.0 Å². The van der Waals surface area contributed by atoms with E-state index in [4.69, 9.17) is 11.6 Å². The largest absolute Gasteiger partial charge is 0.333 e. The van der Waals surface area contributed by atoms with Crippen molar-refractivity contribution in [2.24, 2.45) is 5.92 Å². The molecule has 1 fully saturated rings. The van der Waals surface area contributed by atoms with E-state index in [9.17, 15) is 13.2 Å². The molecule has 0 unspecified atom stereocenters. The minimum atomic E-state index is -3.17. The van der Waals surface area contributed by atoms with Crippen LogP contribution in [-0.2, 0) is 16.3 Å². The lowest BCUT2D eigenvalue weighted by molar-refractivity contribution is 0.249. The Hall–Kier alpha value is -0.930. The maximum Gasteiger partial charge on any atom is 0.321 e. The number of sulfone groups is 1. The fourth-order valence-electron chi connectivity index (χ4n) is 1.97. The van der Waals surface area contributed by atoms with Gasteiger partial charge in [-0.15, -0.1) is 21.8 Å². The van der Waals surface area contributed by atoms with Crippen molar-refractivity contribution in [2.45, 2.75) is 31.7 Å². The molecule has 1 aromatic heterocycles. The standard InChI is InChI=1S/C11H17ClN4O3S2/c1-6(2)3-9-15-16-11(20-9)14-10(17)13-8-5-21(18,19)4-7(8)12/h6-8H,3-5H2,1-2H3,(H2,13,14,16,17)/t7-,8+/m0/s1. The van der Waals surface area contributed by atoms with Crippen LogP contribution >= 0.6 is 22.9 Å². The summed E-state index contributed by atoms with van der Waals surface area (Å²) in [5.41, 5.74) is 0. The van der Waals surface area contributed by atoms with E-state index in [1.807, 2.05) is 0 Å². The first-order valence-corrected chi connectivity index (χ1v) is 9.57. The molecule has 2 N–H and O–H groups in total. The highest BCUT2D eigenvalue weighted by Crippen LogP contribution is 2.20. The minimum Gasteiger partial charge on any atom is -0.333 e. The normalized spacial score (nSPS) is 24.2. The van der Waals surface area contributed by atoms with Gasteiger partial charge in [-0.3, -0.25) is 5.32 Å². The number of anilines is 1. The molecular weight excluding hydrogens is 336 g/mol. The molecule has 2 rings (SSSR count). The first-order valence-electron chi connectivity index (χ1n) is 6.49. The summed E-state index contributed by atoms with van der Waals surface area (Å²) in [6.07, 6.45) is 0.797. The molecule has 1 aromatic rings. The summed E-state index contributed by atoms with van der Waals surface area (Å²) < 4.78 is 22.8. The third-order valence-corrected chi connectivity index (χ3v) is 6.11. The zero-order valence-electron chi connectivity index (χ0n) is 11.7. The van der Waals surface area contributed by atoms with Gasteiger partial charge in [0.25, 0.3) is 0 Å². The lowest BCUT2D eigenvalue weighted by Crippen LogP contribution is -2.42. The number of aromatic nitrogens is 2. The van der Waals surface area contributed by atoms with Crippen LogP contribution in [0.3, 0.4) is 0 Å². The number of hydrogen-bond acceptors (Lipinski definition) is 6. The van der Waals surface area contributed by atoms with Crippen molar-refractivity contribution in [1.29, 1.82) is 0 Å². The molecule has 0 aromatic carbocycles. The molecule has 1 aliphatic rings. The molecule has 0 bridgehead atoms. The summed E-state index contributed by atoms with van der Waals surface area (Å²) in [5, 5.41) is 13.6. The molecule has 0 aliphatic carbocycles. The molecular formula is C11H17ClN4O3S2. The number of alkyl halides is 1. The first-order chi connectivity index (χ1) is 9.75. The van der Waals surface area contributed by atoms with E-state index < -0.39 is 27.3 Å². The lowest BCUT2D eigenvalue weighted by atomic mass is 10.1. The fraction of sp³-hybridized carbons (Fsp3) is 0.727. The smallest absolute Gasteiger partial charge is 0.321 e. The van der Waals surface area contributed by atoms with Crippen molar-refractivity contribution < 1.29 is 13.2 Å². The summed E-state index contributed by atoms with van der Waals surface area (Å²) in [6, 6.07) is -1.10. The van der Waals surface area contributed by atoms with E-state index >= 15 is 0 Å². The molecule has 10 heteroatoms. The second-order valence-corrected chi connectivity index (χ2v) is 9.17. The summed E-state index contributed by atoms with van der Waals surface area (Å²) in [4.78, 5) is 11.8. The number of amides is 2. The molecule has 118 valence electrons. The van der Waals surface area contributed by atoms with Crippen molar-refractivity contribution in [3.05, 3.63) is 5.01 Å². The van der Waals surface area contributed by atoms with Gasteiger partial charge in [0.05, 0.1) is 22.9 Å². The summed E-state index contributed by atoms with van der Waals surface area (Å²) in [7, 11) is -3.17. The Kier molecular flexibility index (Phi) is 5.05. The Labute approximate surface area is 132 Å². The number of rotatable bonds is 4. The number of urea groups is 1. The van der Waals surface area contributed by atoms with E-state index in [2.05, 4.69) is 34.7 Å². The number of nitrogens with one attached hydrogen (secondary N) is 2. The molecule has 2 atom stereocenters. The average Bonchev–Trinajstić information content (AvgIpc) is 2.82. The lowest BCUT2D eigenvalue weighted by Gasteiger charge is -2.13.